The molecular weight excluding hydrogens is 328 g/mol. The molecule has 2 heteroatoms. The van der Waals surface area contributed by atoms with Crippen molar-refractivity contribution in [3.05, 3.63) is 101 Å². The summed E-state index contributed by atoms with van der Waals surface area (Å²) >= 11 is 5.88. The summed E-state index contributed by atoms with van der Waals surface area (Å²) < 4.78 is 0. The normalized spacial score (nSPS) is 11.4. The van der Waals surface area contributed by atoms with E-state index in [1.807, 2.05) is 60.7 Å². The van der Waals surface area contributed by atoms with Gasteiger partial charge in [0, 0.05) is 10.6 Å². The van der Waals surface area contributed by atoms with Crippen LogP contribution in [0, 0.1) is 0 Å². The first-order chi connectivity index (χ1) is 12.2. The first-order valence-corrected chi connectivity index (χ1v) is 8.48. The van der Waals surface area contributed by atoms with Gasteiger partial charge in [0.2, 0.25) is 0 Å². The summed E-state index contributed by atoms with van der Waals surface area (Å²) in [6.45, 7) is 0. The number of fused-ring (bicyclic) bond motifs is 3. The number of carbonyl (C=O) groups excluding carboxylic acids is 1. The molecule has 4 rings (SSSR count). The first kappa shape index (κ1) is 15.6. The molecule has 0 heterocycles. The Balaban J connectivity index is 1.72. The number of rotatable bonds is 3. The van der Waals surface area contributed by atoms with Crippen LogP contribution in [0.25, 0.3) is 27.6 Å². The first-order valence-electron chi connectivity index (χ1n) is 8.10. The van der Waals surface area contributed by atoms with Gasteiger partial charge >= 0.3 is 0 Å². The standard InChI is InChI=1S/C23H15ClO/c24-20-12-5-16(6-13-20)7-14-23(25)19-11-10-18-9-8-17-3-1-2-4-21(17)22(18)15-19/h1-15H/b14-7-. The van der Waals surface area contributed by atoms with Crippen molar-refractivity contribution in [1.29, 1.82) is 0 Å². The minimum absolute atomic E-state index is 0.00946. The zero-order chi connectivity index (χ0) is 17.2. The van der Waals surface area contributed by atoms with E-state index in [2.05, 4.69) is 24.3 Å². The fourth-order valence-corrected chi connectivity index (χ4v) is 3.12. The summed E-state index contributed by atoms with van der Waals surface area (Å²) in [4.78, 5) is 12.6. The van der Waals surface area contributed by atoms with Crippen LogP contribution in [0.15, 0.2) is 84.9 Å². The molecule has 0 fully saturated rings. The van der Waals surface area contributed by atoms with Crippen LogP contribution in [0.4, 0.5) is 0 Å². The van der Waals surface area contributed by atoms with Crippen molar-refractivity contribution in [2.24, 2.45) is 0 Å². The second-order valence-corrected chi connectivity index (χ2v) is 6.41. The van der Waals surface area contributed by atoms with Crippen LogP contribution < -0.4 is 0 Å². The van der Waals surface area contributed by atoms with Gasteiger partial charge in [-0.25, -0.2) is 0 Å². The summed E-state index contributed by atoms with van der Waals surface area (Å²) in [6, 6.07) is 25.7. The van der Waals surface area contributed by atoms with Gasteiger partial charge in [0.05, 0.1) is 0 Å². The molecule has 0 aliphatic carbocycles. The van der Waals surface area contributed by atoms with Crippen LogP contribution in [-0.2, 0) is 0 Å². The maximum atomic E-state index is 12.6. The summed E-state index contributed by atoms with van der Waals surface area (Å²) in [7, 11) is 0. The molecule has 0 atom stereocenters. The van der Waals surface area contributed by atoms with E-state index in [1.54, 1.807) is 6.08 Å². The minimum atomic E-state index is -0.00946. The van der Waals surface area contributed by atoms with Crippen molar-refractivity contribution >= 4 is 45.0 Å². The van der Waals surface area contributed by atoms with Crippen LogP contribution in [0.5, 0.6) is 0 Å². The van der Waals surface area contributed by atoms with Crippen LogP contribution in [-0.4, -0.2) is 5.78 Å². The molecule has 0 spiro atoms. The van der Waals surface area contributed by atoms with Crippen molar-refractivity contribution < 1.29 is 4.79 Å². The van der Waals surface area contributed by atoms with E-state index in [0.29, 0.717) is 10.6 Å². The maximum Gasteiger partial charge on any atom is 0.185 e. The molecule has 1 nitrogen and oxygen atoms in total. The molecule has 120 valence electrons. The molecule has 25 heavy (non-hydrogen) atoms. The van der Waals surface area contributed by atoms with Gasteiger partial charge in [0.1, 0.15) is 0 Å². The molecule has 4 aromatic carbocycles. The number of ketones is 1. The lowest BCUT2D eigenvalue weighted by atomic mass is 9.98. The number of hydrogen-bond donors (Lipinski definition) is 0. The number of carbonyl (C=O) groups is 1. The monoisotopic (exact) mass is 342 g/mol. The van der Waals surface area contributed by atoms with Gasteiger partial charge in [-0.05, 0) is 51.4 Å². The Kier molecular flexibility index (Phi) is 4.09. The molecule has 0 bridgehead atoms. The molecule has 0 saturated carbocycles. The second kappa shape index (κ2) is 6.54. The van der Waals surface area contributed by atoms with Gasteiger partial charge in [-0.1, -0.05) is 78.3 Å². The van der Waals surface area contributed by atoms with Crippen LogP contribution >= 0.6 is 11.6 Å². The van der Waals surface area contributed by atoms with E-state index in [-0.39, 0.29) is 5.78 Å². The largest absolute Gasteiger partial charge is 0.289 e. The lowest BCUT2D eigenvalue weighted by Crippen LogP contribution is -1.94. The third-order valence-electron chi connectivity index (χ3n) is 4.33. The molecule has 0 saturated heterocycles. The van der Waals surface area contributed by atoms with Crippen LogP contribution in [0.2, 0.25) is 5.02 Å². The molecule has 0 aliphatic rings. The number of halogens is 1. The fourth-order valence-electron chi connectivity index (χ4n) is 3.00. The van der Waals surface area contributed by atoms with Crippen molar-refractivity contribution in [3.63, 3.8) is 0 Å². The second-order valence-electron chi connectivity index (χ2n) is 5.97. The summed E-state index contributed by atoms with van der Waals surface area (Å²) in [5, 5.41) is 5.26. The average molecular weight is 343 g/mol. The van der Waals surface area contributed by atoms with E-state index < -0.39 is 0 Å². The Morgan fingerprint density at radius 1 is 0.760 bits per heavy atom. The molecular formula is C23H15ClO. The Bertz CT molecular complexity index is 1110. The topological polar surface area (TPSA) is 17.1 Å². The molecule has 0 amide bonds. The molecule has 0 aromatic heterocycles. The highest BCUT2D eigenvalue weighted by atomic mass is 35.5. The molecule has 4 aromatic rings. The lowest BCUT2D eigenvalue weighted by Gasteiger charge is -2.05. The number of benzene rings is 4. The predicted molar refractivity (Wildman–Crippen MR) is 106 cm³/mol. The SMILES string of the molecule is O=C(/C=C\c1ccc(Cl)cc1)c1ccc2ccc3ccccc3c2c1. The lowest BCUT2D eigenvalue weighted by molar-refractivity contribution is 0.104. The Hall–Kier alpha value is -2.90. The number of allylic oxidation sites excluding steroid dienone is 1. The summed E-state index contributed by atoms with van der Waals surface area (Å²) in [5.41, 5.74) is 1.64. The molecule has 0 N–H and O–H groups in total. The third-order valence-corrected chi connectivity index (χ3v) is 4.58. The smallest absolute Gasteiger partial charge is 0.185 e. The molecule has 0 radical (unpaired) electrons. The Labute approximate surface area is 151 Å². The van der Waals surface area contributed by atoms with Crippen LogP contribution in [0.3, 0.4) is 0 Å². The Morgan fingerprint density at radius 2 is 1.44 bits per heavy atom. The zero-order valence-electron chi connectivity index (χ0n) is 13.4. The van der Waals surface area contributed by atoms with E-state index in [4.69, 9.17) is 11.6 Å². The van der Waals surface area contributed by atoms with Crippen molar-refractivity contribution in [2.75, 3.05) is 0 Å². The summed E-state index contributed by atoms with van der Waals surface area (Å²) in [5.74, 6) is -0.00946. The highest BCUT2D eigenvalue weighted by Crippen LogP contribution is 2.26. The van der Waals surface area contributed by atoms with Gasteiger partial charge in [0.25, 0.3) is 0 Å². The van der Waals surface area contributed by atoms with Crippen LogP contribution in [0.1, 0.15) is 15.9 Å². The van der Waals surface area contributed by atoms with Gasteiger partial charge in [0.15, 0.2) is 5.78 Å². The van der Waals surface area contributed by atoms with Gasteiger partial charge in [-0.3, -0.25) is 4.79 Å². The molecule has 0 aliphatic heterocycles. The van der Waals surface area contributed by atoms with E-state index in [0.717, 1.165) is 21.7 Å². The summed E-state index contributed by atoms with van der Waals surface area (Å²) in [6.07, 6.45) is 3.42. The average Bonchev–Trinajstić information content (AvgIpc) is 2.67. The zero-order valence-corrected chi connectivity index (χ0v) is 14.2. The minimum Gasteiger partial charge on any atom is -0.289 e. The third kappa shape index (κ3) is 3.19. The van der Waals surface area contributed by atoms with Crippen molar-refractivity contribution in [2.45, 2.75) is 0 Å². The van der Waals surface area contributed by atoms with Crippen molar-refractivity contribution in [3.8, 4) is 0 Å². The quantitative estimate of drug-likeness (QED) is 0.234. The Morgan fingerprint density at radius 3 is 2.24 bits per heavy atom. The fraction of sp³-hybridized carbons (Fsp3) is 0. The van der Waals surface area contributed by atoms with Gasteiger partial charge in [-0.2, -0.15) is 0 Å². The van der Waals surface area contributed by atoms with Gasteiger partial charge < -0.3 is 0 Å². The van der Waals surface area contributed by atoms with E-state index in [9.17, 15) is 4.79 Å². The highest BCUT2D eigenvalue weighted by Gasteiger charge is 2.06. The predicted octanol–water partition coefficient (Wildman–Crippen LogP) is 6.54. The maximum absolute atomic E-state index is 12.6. The molecule has 0 unspecified atom stereocenters. The van der Waals surface area contributed by atoms with Crippen molar-refractivity contribution in [1.82, 2.24) is 0 Å². The van der Waals surface area contributed by atoms with Gasteiger partial charge in [-0.15, -0.1) is 0 Å². The number of hydrogen-bond acceptors (Lipinski definition) is 1. The highest BCUT2D eigenvalue weighted by molar-refractivity contribution is 6.30. The van der Waals surface area contributed by atoms with E-state index in [1.165, 1.54) is 5.39 Å². The van der Waals surface area contributed by atoms with E-state index >= 15 is 0 Å².